The minimum Gasteiger partial charge on any atom is -0.450 e. The summed E-state index contributed by atoms with van der Waals surface area (Å²) in [5, 5.41) is 0.818. The molecule has 0 aliphatic carbocycles. The summed E-state index contributed by atoms with van der Waals surface area (Å²) in [5.74, 6) is -1.06. The summed E-state index contributed by atoms with van der Waals surface area (Å²) in [6.07, 6.45) is 0. The van der Waals surface area contributed by atoms with Crippen molar-refractivity contribution >= 4 is 32.9 Å². The molecule has 2 aromatic carbocycles. The van der Waals surface area contributed by atoms with Gasteiger partial charge in [-0.3, -0.25) is 4.79 Å². The van der Waals surface area contributed by atoms with Crippen LogP contribution in [0.1, 0.15) is 21.7 Å². The van der Waals surface area contributed by atoms with Gasteiger partial charge in [0.2, 0.25) is 15.8 Å². The summed E-state index contributed by atoms with van der Waals surface area (Å²) in [6, 6.07) is 16.3. The second-order valence-electron chi connectivity index (χ2n) is 7.65. The zero-order chi connectivity index (χ0) is 22.7. The Labute approximate surface area is 186 Å². The molecule has 8 nitrogen and oxygen atoms in total. The number of rotatable bonds is 6. The zero-order valence-electron chi connectivity index (χ0n) is 17.7. The molecule has 0 saturated carbocycles. The van der Waals surface area contributed by atoms with E-state index in [1.54, 1.807) is 37.3 Å². The predicted octanol–water partition coefficient (Wildman–Crippen LogP) is 2.57. The molecule has 1 saturated heterocycles. The zero-order valence-corrected chi connectivity index (χ0v) is 18.5. The lowest BCUT2D eigenvalue weighted by Gasteiger charge is -2.33. The van der Waals surface area contributed by atoms with E-state index < -0.39 is 22.6 Å². The molecule has 0 unspecified atom stereocenters. The molecule has 1 amide bonds. The summed E-state index contributed by atoms with van der Waals surface area (Å²) >= 11 is 0. The molecule has 1 fully saturated rings. The van der Waals surface area contributed by atoms with E-state index in [1.807, 2.05) is 24.3 Å². The van der Waals surface area contributed by atoms with Crippen molar-refractivity contribution in [3.8, 4) is 0 Å². The number of amides is 1. The molecule has 0 atom stereocenters. The van der Waals surface area contributed by atoms with Gasteiger partial charge in [0.1, 0.15) is 5.58 Å². The number of ether oxygens (including phenoxy) is 1. The van der Waals surface area contributed by atoms with Gasteiger partial charge in [-0.1, -0.05) is 48.5 Å². The first-order valence-corrected chi connectivity index (χ1v) is 11.9. The maximum atomic E-state index is 12.7. The number of hydrogen-bond donors (Lipinski definition) is 0. The van der Waals surface area contributed by atoms with E-state index in [4.69, 9.17) is 9.15 Å². The molecular formula is C23H24N2O6S. The Morgan fingerprint density at radius 3 is 2.31 bits per heavy atom. The first-order valence-electron chi connectivity index (χ1n) is 10.3. The van der Waals surface area contributed by atoms with E-state index in [2.05, 4.69) is 0 Å². The van der Waals surface area contributed by atoms with Gasteiger partial charge < -0.3 is 14.1 Å². The molecule has 0 spiro atoms. The molecular weight excluding hydrogens is 432 g/mol. The van der Waals surface area contributed by atoms with Gasteiger partial charge in [0, 0.05) is 37.1 Å². The largest absolute Gasteiger partial charge is 0.450 e. The predicted molar refractivity (Wildman–Crippen MR) is 118 cm³/mol. The number of sulfonamides is 1. The molecule has 0 N–H and O–H groups in total. The van der Waals surface area contributed by atoms with Crippen molar-refractivity contribution in [2.45, 2.75) is 12.7 Å². The summed E-state index contributed by atoms with van der Waals surface area (Å²) < 4.78 is 37.4. The van der Waals surface area contributed by atoms with Gasteiger partial charge in [0.25, 0.3) is 5.91 Å². The van der Waals surface area contributed by atoms with Crippen molar-refractivity contribution in [3.05, 3.63) is 71.5 Å². The second-order valence-corrected chi connectivity index (χ2v) is 9.62. The monoisotopic (exact) mass is 456 g/mol. The van der Waals surface area contributed by atoms with Gasteiger partial charge in [-0.25, -0.2) is 13.2 Å². The third-order valence-corrected chi connectivity index (χ3v) is 7.38. The lowest BCUT2D eigenvalue weighted by Crippen LogP contribution is -2.51. The molecule has 1 aromatic heterocycles. The third kappa shape index (κ3) is 4.68. The number of para-hydroxylation sites is 1. The van der Waals surface area contributed by atoms with E-state index in [-0.39, 0.29) is 43.6 Å². The average Bonchev–Trinajstić information content (AvgIpc) is 3.14. The number of carbonyl (C=O) groups is 2. The highest BCUT2D eigenvalue weighted by Gasteiger charge is 2.29. The lowest BCUT2D eigenvalue weighted by molar-refractivity contribution is -0.135. The molecule has 168 valence electrons. The van der Waals surface area contributed by atoms with Crippen LogP contribution in [0.25, 0.3) is 11.0 Å². The smallest absolute Gasteiger partial charge is 0.375 e. The fourth-order valence-electron chi connectivity index (χ4n) is 3.74. The standard InChI is InChI=1S/C23H24N2O6S/c1-17-19-9-5-6-10-20(19)31-22(17)23(27)30-15-21(26)24-11-13-25(14-12-24)32(28,29)16-18-7-3-2-4-8-18/h2-10H,11-16H2,1H3. The van der Waals surface area contributed by atoms with Crippen molar-refractivity contribution in [1.29, 1.82) is 0 Å². The van der Waals surface area contributed by atoms with Gasteiger partial charge in [-0.15, -0.1) is 0 Å². The SMILES string of the molecule is Cc1c(C(=O)OCC(=O)N2CCN(S(=O)(=O)Cc3ccccc3)CC2)oc2ccccc12. The van der Waals surface area contributed by atoms with Crippen molar-refractivity contribution in [1.82, 2.24) is 9.21 Å². The van der Waals surface area contributed by atoms with Crippen LogP contribution in [0.15, 0.2) is 59.0 Å². The molecule has 1 aliphatic heterocycles. The van der Waals surface area contributed by atoms with E-state index in [0.29, 0.717) is 11.1 Å². The minimum atomic E-state index is -3.47. The van der Waals surface area contributed by atoms with Crippen LogP contribution in [0.3, 0.4) is 0 Å². The van der Waals surface area contributed by atoms with E-state index >= 15 is 0 Å². The van der Waals surface area contributed by atoms with E-state index in [1.165, 1.54) is 9.21 Å². The summed E-state index contributed by atoms with van der Waals surface area (Å²) in [6.45, 7) is 2.24. The Hall–Kier alpha value is -3.17. The molecule has 1 aliphatic rings. The topological polar surface area (TPSA) is 97.1 Å². The fraction of sp³-hybridized carbons (Fsp3) is 0.304. The van der Waals surface area contributed by atoms with Crippen molar-refractivity contribution in [3.63, 3.8) is 0 Å². The maximum Gasteiger partial charge on any atom is 0.375 e. The number of aryl methyl sites for hydroxylation is 1. The fourth-order valence-corrected chi connectivity index (χ4v) is 5.26. The van der Waals surface area contributed by atoms with Gasteiger partial charge in [0.05, 0.1) is 5.75 Å². The average molecular weight is 457 g/mol. The van der Waals surface area contributed by atoms with E-state index in [9.17, 15) is 18.0 Å². The van der Waals surface area contributed by atoms with Crippen LogP contribution in [0.4, 0.5) is 0 Å². The first kappa shape index (κ1) is 22.0. The van der Waals surface area contributed by atoms with Gasteiger partial charge in [-0.05, 0) is 18.6 Å². The molecule has 32 heavy (non-hydrogen) atoms. The van der Waals surface area contributed by atoms with E-state index in [0.717, 1.165) is 10.9 Å². The van der Waals surface area contributed by atoms with Crippen molar-refractivity contribution in [2.75, 3.05) is 32.8 Å². The molecule has 0 bridgehead atoms. The second kappa shape index (κ2) is 9.13. The number of hydrogen-bond acceptors (Lipinski definition) is 6. The highest BCUT2D eigenvalue weighted by molar-refractivity contribution is 7.88. The highest BCUT2D eigenvalue weighted by atomic mass is 32.2. The third-order valence-electron chi connectivity index (χ3n) is 5.53. The van der Waals surface area contributed by atoms with Gasteiger partial charge >= 0.3 is 5.97 Å². The van der Waals surface area contributed by atoms with Crippen LogP contribution in [0.2, 0.25) is 0 Å². The quantitative estimate of drug-likeness (QED) is 0.529. The number of benzene rings is 2. The first-order chi connectivity index (χ1) is 15.3. The van der Waals surface area contributed by atoms with Gasteiger partial charge in [-0.2, -0.15) is 4.31 Å². The Balaban J connectivity index is 1.30. The number of piperazine rings is 1. The van der Waals surface area contributed by atoms with Crippen LogP contribution in [-0.4, -0.2) is 62.3 Å². The Bertz CT molecular complexity index is 1230. The number of fused-ring (bicyclic) bond motifs is 1. The van der Waals surface area contributed by atoms with Crippen molar-refractivity contribution in [2.24, 2.45) is 0 Å². The normalized spacial score (nSPS) is 15.1. The van der Waals surface area contributed by atoms with Crippen LogP contribution >= 0.6 is 0 Å². The number of esters is 1. The maximum absolute atomic E-state index is 12.7. The summed E-state index contributed by atoms with van der Waals surface area (Å²) in [5.41, 5.74) is 1.96. The molecule has 9 heteroatoms. The molecule has 0 radical (unpaired) electrons. The van der Waals surface area contributed by atoms with Crippen LogP contribution in [-0.2, 0) is 25.3 Å². The Morgan fingerprint density at radius 1 is 0.969 bits per heavy atom. The Kier molecular flexibility index (Phi) is 6.29. The summed E-state index contributed by atoms with van der Waals surface area (Å²) in [4.78, 5) is 26.4. The molecule has 4 rings (SSSR count). The lowest BCUT2D eigenvalue weighted by atomic mass is 10.1. The Morgan fingerprint density at radius 2 is 1.62 bits per heavy atom. The number of furan rings is 1. The van der Waals surface area contributed by atoms with Crippen LogP contribution in [0, 0.1) is 6.92 Å². The van der Waals surface area contributed by atoms with Crippen LogP contribution < -0.4 is 0 Å². The molecule has 3 aromatic rings. The number of carbonyl (C=O) groups excluding carboxylic acids is 2. The van der Waals surface area contributed by atoms with Crippen molar-refractivity contribution < 1.29 is 27.2 Å². The van der Waals surface area contributed by atoms with Gasteiger partial charge in [0.15, 0.2) is 6.61 Å². The minimum absolute atomic E-state index is 0.0732. The number of nitrogens with zero attached hydrogens (tertiary/aromatic N) is 2. The summed E-state index contributed by atoms with van der Waals surface area (Å²) in [7, 11) is -3.47. The highest BCUT2D eigenvalue weighted by Crippen LogP contribution is 2.25. The van der Waals surface area contributed by atoms with Crippen LogP contribution in [0.5, 0.6) is 0 Å². The molecule has 2 heterocycles.